The van der Waals surface area contributed by atoms with Crippen molar-refractivity contribution >= 4 is 5.96 Å². The zero-order valence-electron chi connectivity index (χ0n) is 17.2. The number of ether oxygens (including phenoxy) is 3. The number of hydrogen-bond acceptors (Lipinski definition) is 4. The van der Waals surface area contributed by atoms with Crippen LogP contribution in [0.3, 0.4) is 0 Å². The van der Waals surface area contributed by atoms with Gasteiger partial charge in [0.05, 0.1) is 6.54 Å². The Balaban J connectivity index is 1.47. The Hall–Kier alpha value is -2.80. The number of aliphatic imine (C=N–C) groups is 1. The van der Waals surface area contributed by atoms with Crippen LogP contribution < -0.4 is 20.1 Å². The summed E-state index contributed by atoms with van der Waals surface area (Å²) in [5.41, 5.74) is 2.07. The molecule has 1 fully saturated rings. The molecule has 6 nitrogen and oxygen atoms in total. The Morgan fingerprint density at radius 2 is 1.80 bits per heavy atom. The highest BCUT2D eigenvalue weighted by Crippen LogP contribution is 2.35. The first-order chi connectivity index (χ1) is 14.7. The molecule has 0 aromatic heterocycles. The fourth-order valence-corrected chi connectivity index (χ4v) is 3.94. The van der Waals surface area contributed by atoms with Gasteiger partial charge in [-0.3, -0.25) is 0 Å². The Bertz CT molecular complexity index is 880. The molecule has 30 heavy (non-hydrogen) atoms. The molecular formula is C23H28FN3O3. The molecule has 0 aliphatic carbocycles. The van der Waals surface area contributed by atoms with Gasteiger partial charge in [-0.2, -0.15) is 0 Å². The summed E-state index contributed by atoms with van der Waals surface area (Å²) in [5, 5.41) is 6.81. The second kappa shape index (κ2) is 9.34. The predicted molar refractivity (Wildman–Crippen MR) is 114 cm³/mol. The highest BCUT2D eigenvalue weighted by Gasteiger charge is 2.34. The Morgan fingerprint density at radius 3 is 2.57 bits per heavy atom. The minimum absolute atomic E-state index is 0.110. The van der Waals surface area contributed by atoms with Crippen molar-refractivity contribution in [3.8, 4) is 11.5 Å². The fraction of sp³-hybridized carbons (Fsp3) is 0.435. The van der Waals surface area contributed by atoms with Crippen LogP contribution in [0.2, 0.25) is 0 Å². The third-order valence-corrected chi connectivity index (χ3v) is 5.70. The third-order valence-electron chi connectivity index (χ3n) is 5.70. The summed E-state index contributed by atoms with van der Waals surface area (Å²) in [6, 6.07) is 12.7. The van der Waals surface area contributed by atoms with Crippen molar-refractivity contribution in [2.75, 3.05) is 33.1 Å². The highest BCUT2D eigenvalue weighted by molar-refractivity contribution is 5.79. The summed E-state index contributed by atoms with van der Waals surface area (Å²) < 4.78 is 29.9. The van der Waals surface area contributed by atoms with Crippen molar-refractivity contribution < 1.29 is 18.6 Å². The molecule has 0 amide bonds. The standard InChI is InChI=1S/C23H28FN3O3/c1-2-25-22(26-14-17-3-8-20-21(13-17)30-16-29-20)27-15-23(9-11-28-12-10-23)18-4-6-19(24)7-5-18/h3-8,13H,2,9-12,14-16H2,1H3,(H2,25,26,27). The molecule has 1 saturated heterocycles. The minimum Gasteiger partial charge on any atom is -0.454 e. The van der Waals surface area contributed by atoms with Crippen molar-refractivity contribution in [1.82, 2.24) is 10.6 Å². The van der Waals surface area contributed by atoms with E-state index in [0.717, 1.165) is 48.0 Å². The molecule has 0 spiro atoms. The van der Waals surface area contributed by atoms with Crippen molar-refractivity contribution in [1.29, 1.82) is 0 Å². The molecule has 2 aliphatic rings. The summed E-state index contributed by atoms with van der Waals surface area (Å²) >= 11 is 0. The highest BCUT2D eigenvalue weighted by atomic mass is 19.1. The van der Waals surface area contributed by atoms with Crippen molar-refractivity contribution in [3.63, 3.8) is 0 Å². The number of hydrogen-bond donors (Lipinski definition) is 2. The van der Waals surface area contributed by atoms with E-state index in [1.807, 2.05) is 37.3 Å². The Kier molecular flexibility index (Phi) is 6.38. The number of nitrogens with one attached hydrogen (secondary N) is 2. The number of halogens is 1. The van der Waals surface area contributed by atoms with Crippen LogP contribution in [0.15, 0.2) is 47.5 Å². The summed E-state index contributed by atoms with van der Waals surface area (Å²) in [7, 11) is 0. The molecule has 7 heteroatoms. The van der Waals surface area contributed by atoms with E-state index < -0.39 is 0 Å². The molecule has 2 aromatic rings. The van der Waals surface area contributed by atoms with Gasteiger partial charge in [0.2, 0.25) is 6.79 Å². The molecular weight excluding hydrogens is 385 g/mol. The van der Waals surface area contributed by atoms with Gasteiger partial charge in [-0.1, -0.05) is 18.2 Å². The molecule has 160 valence electrons. The maximum atomic E-state index is 13.5. The predicted octanol–water partition coefficient (Wildman–Crippen LogP) is 3.36. The van der Waals surface area contributed by atoms with E-state index in [1.54, 1.807) is 0 Å². The lowest BCUT2D eigenvalue weighted by atomic mass is 9.74. The van der Waals surface area contributed by atoms with Gasteiger partial charge in [0.1, 0.15) is 5.82 Å². The average molecular weight is 413 g/mol. The summed E-state index contributed by atoms with van der Waals surface area (Å²) in [4.78, 5) is 4.74. The van der Waals surface area contributed by atoms with Crippen LogP contribution in [-0.2, 0) is 16.7 Å². The Morgan fingerprint density at radius 1 is 1.03 bits per heavy atom. The van der Waals surface area contributed by atoms with E-state index in [1.165, 1.54) is 12.1 Å². The van der Waals surface area contributed by atoms with Crippen molar-refractivity contribution in [2.24, 2.45) is 4.99 Å². The van der Waals surface area contributed by atoms with E-state index in [2.05, 4.69) is 10.6 Å². The average Bonchev–Trinajstić information content (AvgIpc) is 3.25. The molecule has 0 bridgehead atoms. The van der Waals surface area contributed by atoms with Crippen LogP contribution in [-0.4, -0.2) is 39.1 Å². The SMILES string of the molecule is CCNC(=NCc1ccc2c(c1)OCO2)NCC1(c2ccc(F)cc2)CCOCC1. The first-order valence-corrected chi connectivity index (χ1v) is 10.4. The summed E-state index contributed by atoms with van der Waals surface area (Å²) in [6.45, 7) is 5.70. The van der Waals surface area contributed by atoms with Crippen LogP contribution in [0.5, 0.6) is 11.5 Å². The molecule has 0 radical (unpaired) electrons. The third kappa shape index (κ3) is 4.67. The molecule has 4 rings (SSSR count). The number of guanidine groups is 1. The topological polar surface area (TPSA) is 64.1 Å². The molecule has 0 unspecified atom stereocenters. The van der Waals surface area contributed by atoms with E-state index in [4.69, 9.17) is 19.2 Å². The van der Waals surface area contributed by atoms with Gasteiger partial charge >= 0.3 is 0 Å². The summed E-state index contributed by atoms with van der Waals surface area (Å²) in [6.07, 6.45) is 1.76. The number of benzene rings is 2. The number of fused-ring (bicyclic) bond motifs is 1. The zero-order chi connectivity index (χ0) is 20.8. The number of nitrogens with zero attached hydrogens (tertiary/aromatic N) is 1. The maximum absolute atomic E-state index is 13.5. The van der Waals surface area contributed by atoms with Crippen molar-refractivity contribution in [2.45, 2.75) is 31.7 Å². The van der Waals surface area contributed by atoms with Gasteiger partial charge in [-0.05, 0) is 55.2 Å². The van der Waals surface area contributed by atoms with Gasteiger partial charge in [-0.25, -0.2) is 9.38 Å². The normalized spacial score (nSPS) is 17.6. The second-order valence-electron chi connectivity index (χ2n) is 7.64. The summed E-state index contributed by atoms with van der Waals surface area (Å²) in [5.74, 6) is 2.07. The van der Waals surface area contributed by atoms with Gasteiger partial charge in [0.15, 0.2) is 17.5 Å². The van der Waals surface area contributed by atoms with Crippen LogP contribution in [0.25, 0.3) is 0 Å². The zero-order valence-corrected chi connectivity index (χ0v) is 17.2. The van der Waals surface area contributed by atoms with E-state index in [0.29, 0.717) is 26.3 Å². The lowest BCUT2D eigenvalue weighted by Gasteiger charge is -2.38. The molecule has 2 aromatic carbocycles. The Labute approximate surface area is 176 Å². The smallest absolute Gasteiger partial charge is 0.231 e. The van der Waals surface area contributed by atoms with Crippen molar-refractivity contribution in [3.05, 3.63) is 59.4 Å². The first kappa shape index (κ1) is 20.5. The van der Waals surface area contributed by atoms with E-state index in [9.17, 15) is 4.39 Å². The van der Waals surface area contributed by atoms with Gasteiger partial charge in [0.25, 0.3) is 0 Å². The molecule has 2 N–H and O–H groups in total. The first-order valence-electron chi connectivity index (χ1n) is 10.4. The van der Waals surface area contributed by atoms with Crippen LogP contribution in [0.4, 0.5) is 4.39 Å². The maximum Gasteiger partial charge on any atom is 0.231 e. The second-order valence-corrected chi connectivity index (χ2v) is 7.64. The molecule has 2 heterocycles. The minimum atomic E-state index is -0.215. The monoisotopic (exact) mass is 413 g/mol. The van der Waals surface area contributed by atoms with E-state index in [-0.39, 0.29) is 18.0 Å². The number of rotatable bonds is 6. The van der Waals surface area contributed by atoms with Crippen LogP contribution in [0.1, 0.15) is 30.9 Å². The quantitative estimate of drug-likeness (QED) is 0.562. The molecule has 0 saturated carbocycles. The lowest BCUT2D eigenvalue weighted by molar-refractivity contribution is 0.0513. The van der Waals surface area contributed by atoms with Crippen LogP contribution in [0, 0.1) is 5.82 Å². The lowest BCUT2D eigenvalue weighted by Crippen LogP contribution is -2.48. The van der Waals surface area contributed by atoms with Gasteiger partial charge in [-0.15, -0.1) is 0 Å². The molecule has 0 atom stereocenters. The van der Waals surface area contributed by atoms with Gasteiger partial charge < -0.3 is 24.8 Å². The molecule has 2 aliphatic heterocycles. The van der Waals surface area contributed by atoms with Gasteiger partial charge in [0, 0.05) is 31.7 Å². The van der Waals surface area contributed by atoms with E-state index >= 15 is 0 Å². The largest absolute Gasteiger partial charge is 0.454 e. The van der Waals surface area contributed by atoms with Crippen LogP contribution >= 0.6 is 0 Å². The fourth-order valence-electron chi connectivity index (χ4n) is 3.94.